The van der Waals surface area contributed by atoms with Gasteiger partial charge in [-0.05, 0) is 49.0 Å². The summed E-state index contributed by atoms with van der Waals surface area (Å²) in [6, 6.07) is 4.38. The third kappa shape index (κ3) is 3.83. The van der Waals surface area contributed by atoms with Crippen molar-refractivity contribution < 1.29 is 4.74 Å². The fourth-order valence-corrected chi connectivity index (χ4v) is 2.92. The lowest BCUT2D eigenvalue weighted by Crippen LogP contribution is -2.21. The SMILES string of the molecule is CNC(C)/C(C)=C/c1cc(Br)cc(Br)c1OC. The number of methoxy groups -OCH3 is 1. The molecule has 0 saturated carbocycles. The summed E-state index contributed by atoms with van der Waals surface area (Å²) in [5.74, 6) is 0.857. The van der Waals surface area contributed by atoms with Crippen LogP contribution in [0.2, 0.25) is 0 Å². The lowest BCUT2D eigenvalue weighted by atomic mass is 10.1. The van der Waals surface area contributed by atoms with Crippen molar-refractivity contribution in [2.45, 2.75) is 19.9 Å². The Morgan fingerprint density at radius 3 is 2.59 bits per heavy atom. The van der Waals surface area contributed by atoms with Crippen molar-refractivity contribution >= 4 is 37.9 Å². The van der Waals surface area contributed by atoms with Crippen molar-refractivity contribution in [3.63, 3.8) is 0 Å². The average Bonchev–Trinajstić information content (AvgIpc) is 2.27. The maximum Gasteiger partial charge on any atom is 0.140 e. The smallest absolute Gasteiger partial charge is 0.140 e. The van der Waals surface area contributed by atoms with Crippen molar-refractivity contribution in [3.8, 4) is 5.75 Å². The molecule has 1 rings (SSSR count). The Morgan fingerprint density at radius 1 is 1.41 bits per heavy atom. The molecule has 0 aromatic heterocycles. The van der Waals surface area contributed by atoms with Crippen LogP contribution in [0.1, 0.15) is 19.4 Å². The Labute approximate surface area is 120 Å². The largest absolute Gasteiger partial charge is 0.495 e. The maximum absolute atomic E-state index is 5.41. The van der Waals surface area contributed by atoms with E-state index >= 15 is 0 Å². The van der Waals surface area contributed by atoms with E-state index in [2.05, 4.69) is 63.2 Å². The van der Waals surface area contributed by atoms with Crippen molar-refractivity contribution in [2.24, 2.45) is 0 Å². The van der Waals surface area contributed by atoms with Crippen molar-refractivity contribution in [3.05, 3.63) is 32.2 Å². The fraction of sp³-hybridized carbons (Fsp3) is 0.385. The molecule has 0 saturated heterocycles. The second-order valence-electron chi connectivity index (χ2n) is 3.91. The fourth-order valence-electron chi connectivity index (χ4n) is 1.50. The van der Waals surface area contributed by atoms with Gasteiger partial charge in [0.05, 0.1) is 11.6 Å². The Morgan fingerprint density at radius 2 is 2.06 bits per heavy atom. The van der Waals surface area contributed by atoms with Crippen LogP contribution in [0, 0.1) is 0 Å². The molecule has 0 bridgehead atoms. The standard InChI is InChI=1S/C13H17Br2NO/c1-8(9(2)16-3)5-10-6-11(14)7-12(15)13(10)17-4/h5-7,9,16H,1-4H3/b8-5+. The molecule has 1 aromatic rings. The number of halogens is 2. The lowest BCUT2D eigenvalue weighted by Gasteiger charge is -2.13. The molecule has 1 atom stereocenters. The summed E-state index contributed by atoms with van der Waals surface area (Å²) < 4.78 is 7.39. The minimum Gasteiger partial charge on any atom is -0.495 e. The zero-order chi connectivity index (χ0) is 13.0. The summed E-state index contributed by atoms with van der Waals surface area (Å²) in [7, 11) is 3.64. The van der Waals surface area contributed by atoms with Gasteiger partial charge in [-0.1, -0.05) is 27.6 Å². The molecule has 17 heavy (non-hydrogen) atoms. The number of likely N-dealkylation sites (N-methyl/N-ethyl adjacent to an activating group) is 1. The first-order valence-corrected chi connectivity index (χ1v) is 6.96. The van der Waals surface area contributed by atoms with Gasteiger partial charge >= 0.3 is 0 Å². The molecular formula is C13H17Br2NO. The van der Waals surface area contributed by atoms with Crippen molar-refractivity contribution in [1.82, 2.24) is 5.32 Å². The van der Waals surface area contributed by atoms with E-state index in [-0.39, 0.29) is 0 Å². The van der Waals surface area contributed by atoms with E-state index in [1.54, 1.807) is 7.11 Å². The molecule has 0 amide bonds. The van der Waals surface area contributed by atoms with Crippen LogP contribution in [0.3, 0.4) is 0 Å². The van der Waals surface area contributed by atoms with E-state index in [4.69, 9.17) is 4.74 Å². The van der Waals surface area contributed by atoms with E-state index in [1.807, 2.05) is 13.1 Å². The zero-order valence-corrected chi connectivity index (χ0v) is 13.6. The van der Waals surface area contributed by atoms with Gasteiger partial charge in [-0.25, -0.2) is 0 Å². The molecule has 0 radical (unpaired) electrons. The van der Waals surface area contributed by atoms with Gasteiger partial charge in [0.25, 0.3) is 0 Å². The first kappa shape index (κ1) is 14.7. The topological polar surface area (TPSA) is 21.3 Å². The number of ether oxygens (including phenoxy) is 1. The third-order valence-corrected chi connectivity index (χ3v) is 3.79. The summed E-state index contributed by atoms with van der Waals surface area (Å²) in [5.41, 5.74) is 2.32. The highest BCUT2D eigenvalue weighted by Gasteiger charge is 2.09. The van der Waals surface area contributed by atoms with E-state index in [1.165, 1.54) is 5.57 Å². The van der Waals surface area contributed by atoms with Crippen LogP contribution in [0.25, 0.3) is 6.08 Å². The Hall–Kier alpha value is -0.320. The molecule has 1 unspecified atom stereocenters. The first-order chi connectivity index (χ1) is 7.99. The zero-order valence-electron chi connectivity index (χ0n) is 10.5. The highest BCUT2D eigenvalue weighted by atomic mass is 79.9. The van der Waals surface area contributed by atoms with Gasteiger partial charge in [-0.2, -0.15) is 0 Å². The molecule has 0 aliphatic rings. The molecule has 2 nitrogen and oxygen atoms in total. The number of hydrogen-bond donors (Lipinski definition) is 1. The molecule has 1 N–H and O–H groups in total. The summed E-state index contributed by atoms with van der Waals surface area (Å²) in [4.78, 5) is 0. The number of rotatable bonds is 4. The average molecular weight is 363 g/mol. The minimum absolute atomic E-state index is 0.345. The van der Waals surface area contributed by atoms with Crippen LogP contribution in [0.5, 0.6) is 5.75 Å². The summed E-state index contributed by atoms with van der Waals surface area (Å²) in [6.45, 7) is 4.24. The van der Waals surface area contributed by atoms with Gasteiger partial charge in [0.2, 0.25) is 0 Å². The molecule has 0 heterocycles. The minimum atomic E-state index is 0.345. The normalized spacial score (nSPS) is 13.6. The van der Waals surface area contributed by atoms with E-state index < -0.39 is 0 Å². The summed E-state index contributed by atoms with van der Waals surface area (Å²) in [5, 5.41) is 3.22. The van der Waals surface area contributed by atoms with Crippen LogP contribution in [0.4, 0.5) is 0 Å². The highest BCUT2D eigenvalue weighted by Crippen LogP contribution is 2.34. The van der Waals surface area contributed by atoms with Crippen molar-refractivity contribution in [2.75, 3.05) is 14.2 Å². The molecule has 0 aliphatic carbocycles. The molecule has 0 aliphatic heterocycles. The summed E-state index contributed by atoms with van der Waals surface area (Å²) in [6.07, 6.45) is 2.13. The van der Waals surface area contributed by atoms with Gasteiger partial charge in [0.1, 0.15) is 5.75 Å². The Kier molecular flexibility index (Phi) is 5.70. The predicted octanol–water partition coefficient (Wildman–Crippen LogP) is 4.23. The van der Waals surface area contributed by atoms with Crippen LogP contribution in [-0.4, -0.2) is 20.2 Å². The lowest BCUT2D eigenvalue weighted by molar-refractivity contribution is 0.411. The summed E-state index contributed by atoms with van der Waals surface area (Å²) >= 11 is 6.99. The molecule has 4 heteroatoms. The Balaban J connectivity index is 3.21. The maximum atomic E-state index is 5.41. The van der Waals surface area contributed by atoms with Crippen LogP contribution >= 0.6 is 31.9 Å². The Bertz CT molecular complexity index is 430. The van der Waals surface area contributed by atoms with Gasteiger partial charge in [0, 0.05) is 16.1 Å². The molecule has 0 fully saturated rings. The molecule has 1 aromatic carbocycles. The van der Waals surface area contributed by atoms with Crippen molar-refractivity contribution in [1.29, 1.82) is 0 Å². The van der Waals surface area contributed by atoms with Gasteiger partial charge in [-0.15, -0.1) is 0 Å². The van der Waals surface area contributed by atoms with Gasteiger partial charge in [0.15, 0.2) is 0 Å². The van der Waals surface area contributed by atoms with Crippen LogP contribution in [0.15, 0.2) is 26.7 Å². The van der Waals surface area contributed by atoms with Crippen LogP contribution < -0.4 is 10.1 Å². The highest BCUT2D eigenvalue weighted by molar-refractivity contribution is 9.11. The van der Waals surface area contributed by atoms with Gasteiger partial charge < -0.3 is 10.1 Å². The van der Waals surface area contributed by atoms with E-state index in [0.717, 1.165) is 20.3 Å². The van der Waals surface area contributed by atoms with Crippen LogP contribution in [-0.2, 0) is 0 Å². The quantitative estimate of drug-likeness (QED) is 0.865. The number of nitrogens with one attached hydrogen (secondary N) is 1. The predicted molar refractivity (Wildman–Crippen MR) is 80.6 cm³/mol. The number of benzene rings is 1. The first-order valence-electron chi connectivity index (χ1n) is 5.38. The number of hydrogen-bond acceptors (Lipinski definition) is 2. The van der Waals surface area contributed by atoms with E-state index in [0.29, 0.717) is 6.04 Å². The third-order valence-electron chi connectivity index (χ3n) is 2.74. The monoisotopic (exact) mass is 361 g/mol. The second kappa shape index (κ2) is 6.57. The van der Waals surface area contributed by atoms with E-state index in [9.17, 15) is 0 Å². The molecule has 94 valence electrons. The second-order valence-corrected chi connectivity index (χ2v) is 5.68. The molecular weight excluding hydrogens is 346 g/mol. The van der Waals surface area contributed by atoms with Gasteiger partial charge in [-0.3, -0.25) is 0 Å². The molecule has 0 spiro atoms.